The molecule has 6 atom stereocenters. The van der Waals surface area contributed by atoms with Gasteiger partial charge in [0, 0.05) is 6.42 Å². The zero-order chi connectivity index (χ0) is 35.1. The summed E-state index contributed by atoms with van der Waals surface area (Å²) in [6.07, 6.45) is -3.48. The van der Waals surface area contributed by atoms with Crippen LogP contribution in [0.5, 0.6) is 0 Å². The SMILES string of the molecule is CC(C)C[C@H](NC(=O)[C@@H](NC(=O)[C@@H](N)CCC(=O)O)C(C)C)C(=O)N[C@@H](Cc1ccccc1)[C@@H](O)C(=O)N[C@@H](CC(=O)O)C(=O)O. The monoisotopic (exact) mass is 651 g/mol. The third-order valence-corrected chi connectivity index (χ3v) is 6.86. The number of carbonyl (C=O) groups excluding carboxylic acids is 4. The molecule has 256 valence electrons. The fraction of sp³-hybridized carbons (Fsp3) is 0.567. The number of benzene rings is 1. The Hall–Kier alpha value is -4.57. The Labute approximate surface area is 266 Å². The van der Waals surface area contributed by atoms with Crippen LogP contribution in [0.1, 0.15) is 58.9 Å². The molecule has 0 aliphatic rings. The minimum Gasteiger partial charge on any atom is -0.481 e. The van der Waals surface area contributed by atoms with Crippen LogP contribution in [0.25, 0.3) is 0 Å². The quantitative estimate of drug-likeness (QED) is 0.0820. The van der Waals surface area contributed by atoms with Crippen molar-refractivity contribution in [2.45, 2.75) is 96.1 Å². The summed E-state index contributed by atoms with van der Waals surface area (Å²) in [6.45, 7) is 6.86. The predicted molar refractivity (Wildman–Crippen MR) is 163 cm³/mol. The number of carboxylic acid groups (broad SMARTS) is 3. The fourth-order valence-electron chi connectivity index (χ4n) is 4.38. The molecule has 16 heteroatoms. The molecule has 10 N–H and O–H groups in total. The number of aliphatic hydroxyl groups excluding tert-OH is 1. The predicted octanol–water partition coefficient (Wildman–Crippen LogP) is -1.02. The maximum Gasteiger partial charge on any atom is 0.326 e. The molecule has 0 bridgehead atoms. The molecule has 0 fully saturated rings. The summed E-state index contributed by atoms with van der Waals surface area (Å²) in [7, 11) is 0. The Kier molecular flexibility index (Phi) is 16.3. The zero-order valence-corrected chi connectivity index (χ0v) is 26.3. The third kappa shape index (κ3) is 14.0. The number of aliphatic hydroxyl groups is 1. The molecular weight excluding hydrogens is 606 g/mol. The normalized spacial score (nSPS) is 15.0. The maximum atomic E-state index is 13.6. The Morgan fingerprint density at radius 1 is 0.739 bits per heavy atom. The van der Waals surface area contributed by atoms with Gasteiger partial charge in [0.25, 0.3) is 5.91 Å². The van der Waals surface area contributed by atoms with Crippen molar-refractivity contribution in [3.05, 3.63) is 35.9 Å². The Morgan fingerprint density at radius 2 is 1.33 bits per heavy atom. The van der Waals surface area contributed by atoms with Crippen LogP contribution in [0.4, 0.5) is 0 Å². The van der Waals surface area contributed by atoms with E-state index in [4.69, 9.17) is 15.9 Å². The van der Waals surface area contributed by atoms with E-state index in [2.05, 4.69) is 16.0 Å². The van der Waals surface area contributed by atoms with Crippen LogP contribution in [0.15, 0.2) is 30.3 Å². The number of nitrogens with one attached hydrogen (secondary N) is 4. The van der Waals surface area contributed by atoms with Crippen molar-refractivity contribution in [1.82, 2.24) is 21.3 Å². The van der Waals surface area contributed by atoms with Gasteiger partial charge in [-0.1, -0.05) is 58.0 Å². The van der Waals surface area contributed by atoms with E-state index >= 15 is 0 Å². The van der Waals surface area contributed by atoms with E-state index in [1.54, 1.807) is 58.0 Å². The van der Waals surface area contributed by atoms with Gasteiger partial charge in [-0.25, -0.2) is 4.79 Å². The van der Waals surface area contributed by atoms with Gasteiger partial charge in [0.15, 0.2) is 6.10 Å². The van der Waals surface area contributed by atoms with Crippen molar-refractivity contribution < 1.29 is 54.0 Å². The molecule has 46 heavy (non-hydrogen) atoms. The number of rotatable bonds is 20. The summed E-state index contributed by atoms with van der Waals surface area (Å²) in [5.74, 6) is -8.39. The molecule has 0 aliphatic carbocycles. The topological polar surface area (TPSA) is 275 Å². The van der Waals surface area contributed by atoms with Gasteiger partial charge in [-0.3, -0.25) is 28.8 Å². The van der Waals surface area contributed by atoms with Crippen LogP contribution in [0.2, 0.25) is 0 Å². The average molecular weight is 652 g/mol. The first kappa shape index (κ1) is 39.5. The number of aliphatic carboxylic acids is 3. The van der Waals surface area contributed by atoms with Crippen LogP contribution in [0, 0.1) is 11.8 Å². The molecule has 1 aromatic rings. The lowest BCUT2D eigenvalue weighted by Gasteiger charge is -2.29. The van der Waals surface area contributed by atoms with Crippen LogP contribution in [0.3, 0.4) is 0 Å². The molecule has 0 spiro atoms. The summed E-state index contributed by atoms with van der Waals surface area (Å²) in [6, 6.07) is 1.69. The molecule has 0 heterocycles. The minimum atomic E-state index is -2.02. The molecule has 0 radical (unpaired) electrons. The molecule has 0 aliphatic heterocycles. The van der Waals surface area contributed by atoms with Gasteiger partial charge in [-0.05, 0) is 36.7 Å². The van der Waals surface area contributed by atoms with Crippen LogP contribution in [-0.2, 0) is 40.0 Å². The van der Waals surface area contributed by atoms with Gasteiger partial charge in [0.1, 0.15) is 18.1 Å². The largest absolute Gasteiger partial charge is 0.481 e. The van der Waals surface area contributed by atoms with Crippen molar-refractivity contribution in [3.63, 3.8) is 0 Å². The highest BCUT2D eigenvalue weighted by Gasteiger charge is 2.35. The van der Waals surface area contributed by atoms with Crippen LogP contribution < -0.4 is 27.0 Å². The van der Waals surface area contributed by atoms with Crippen molar-refractivity contribution in [2.75, 3.05) is 0 Å². The lowest BCUT2D eigenvalue weighted by atomic mass is 9.97. The van der Waals surface area contributed by atoms with Gasteiger partial charge in [0.2, 0.25) is 17.7 Å². The van der Waals surface area contributed by atoms with E-state index in [-0.39, 0.29) is 31.6 Å². The van der Waals surface area contributed by atoms with Gasteiger partial charge in [-0.2, -0.15) is 0 Å². The molecule has 4 amide bonds. The highest BCUT2D eigenvalue weighted by atomic mass is 16.4. The number of hydrogen-bond donors (Lipinski definition) is 9. The molecule has 0 aromatic heterocycles. The molecule has 0 saturated heterocycles. The molecule has 1 aromatic carbocycles. The van der Waals surface area contributed by atoms with Gasteiger partial charge in [-0.15, -0.1) is 0 Å². The second-order valence-electron chi connectivity index (χ2n) is 11.7. The first-order chi connectivity index (χ1) is 21.4. The molecule has 0 saturated carbocycles. The molecule has 16 nitrogen and oxygen atoms in total. The second kappa shape index (κ2) is 19.1. The third-order valence-electron chi connectivity index (χ3n) is 6.86. The van der Waals surface area contributed by atoms with E-state index in [0.29, 0.717) is 5.56 Å². The Bertz CT molecular complexity index is 1220. The summed E-state index contributed by atoms with van der Waals surface area (Å²) in [5.41, 5.74) is 6.37. The number of nitrogens with two attached hydrogens (primary N) is 1. The summed E-state index contributed by atoms with van der Waals surface area (Å²) < 4.78 is 0. The second-order valence-corrected chi connectivity index (χ2v) is 11.7. The first-order valence-corrected chi connectivity index (χ1v) is 14.8. The van der Waals surface area contributed by atoms with Crippen LogP contribution in [-0.4, -0.2) is 98.3 Å². The standard InChI is InChI=1S/C30H45N5O11/c1-15(2)12-20(33-28(43)24(16(3)4)35-26(41)18(31)10-11-22(36)37)27(42)32-19(13-17-8-6-5-7-9-17)25(40)29(44)34-21(30(45)46)14-23(38)39/h5-9,15-16,18-21,24-25,40H,10-14,31H2,1-4H3,(H,32,42)(H,33,43)(H,34,44)(H,35,41)(H,36,37)(H,38,39)(H,45,46)/t18-,19-,20-,21-,24-,25+/m0/s1. The smallest absolute Gasteiger partial charge is 0.326 e. The number of carboxylic acids is 3. The Morgan fingerprint density at radius 3 is 1.83 bits per heavy atom. The highest BCUT2D eigenvalue weighted by Crippen LogP contribution is 2.12. The Balaban J connectivity index is 3.23. The van der Waals surface area contributed by atoms with E-state index in [0.717, 1.165) is 0 Å². The van der Waals surface area contributed by atoms with Gasteiger partial charge >= 0.3 is 17.9 Å². The highest BCUT2D eigenvalue weighted by molar-refractivity contribution is 5.94. The summed E-state index contributed by atoms with van der Waals surface area (Å²) >= 11 is 0. The molecular formula is C30H45N5O11. The van der Waals surface area contributed by atoms with Crippen molar-refractivity contribution in [2.24, 2.45) is 17.6 Å². The average Bonchev–Trinajstić information content (AvgIpc) is 2.96. The van der Waals surface area contributed by atoms with E-state index in [1.807, 2.05) is 5.32 Å². The van der Waals surface area contributed by atoms with E-state index < -0.39 is 90.2 Å². The van der Waals surface area contributed by atoms with Crippen molar-refractivity contribution in [3.8, 4) is 0 Å². The first-order valence-electron chi connectivity index (χ1n) is 14.8. The number of amides is 4. The van der Waals surface area contributed by atoms with E-state index in [9.17, 15) is 43.8 Å². The number of carbonyl (C=O) groups is 7. The molecule has 1 rings (SSSR count). The lowest BCUT2D eigenvalue weighted by molar-refractivity contribution is -0.148. The summed E-state index contributed by atoms with van der Waals surface area (Å²) in [5, 5.41) is 47.7. The number of hydrogen-bond acceptors (Lipinski definition) is 9. The maximum absolute atomic E-state index is 13.6. The summed E-state index contributed by atoms with van der Waals surface area (Å²) in [4.78, 5) is 85.7. The fourth-order valence-corrected chi connectivity index (χ4v) is 4.38. The zero-order valence-electron chi connectivity index (χ0n) is 26.3. The van der Waals surface area contributed by atoms with Crippen molar-refractivity contribution in [1.29, 1.82) is 0 Å². The molecule has 0 unspecified atom stereocenters. The van der Waals surface area contributed by atoms with Gasteiger partial charge < -0.3 is 47.4 Å². The van der Waals surface area contributed by atoms with Gasteiger partial charge in [0.05, 0.1) is 18.5 Å². The van der Waals surface area contributed by atoms with E-state index in [1.165, 1.54) is 0 Å². The minimum absolute atomic E-state index is 0.0981. The lowest BCUT2D eigenvalue weighted by Crippen LogP contribution is -2.60. The van der Waals surface area contributed by atoms with Crippen LogP contribution >= 0.6 is 0 Å². The van der Waals surface area contributed by atoms with Crippen molar-refractivity contribution >= 4 is 41.5 Å².